The molecule has 1 aliphatic rings. The van der Waals surface area contributed by atoms with Crippen LogP contribution >= 0.6 is 0 Å². The average Bonchev–Trinajstić information content (AvgIpc) is 1.96. The minimum Gasteiger partial charge on any atom is -0.392 e. The fourth-order valence-corrected chi connectivity index (χ4v) is 2.84. The Morgan fingerprint density at radius 3 is 2.57 bits per heavy atom. The summed E-state index contributed by atoms with van der Waals surface area (Å²) in [6.45, 7) is 9.59. The quantitative estimate of drug-likeness (QED) is 0.730. The molecule has 0 heterocycles. The zero-order valence-electron chi connectivity index (χ0n) is 10.0. The molecule has 84 valence electrons. The first-order valence-corrected chi connectivity index (χ1v) is 5.80. The van der Waals surface area contributed by atoms with E-state index in [2.05, 4.69) is 26.1 Å². The van der Waals surface area contributed by atoms with Gasteiger partial charge in [-0.05, 0) is 37.5 Å². The predicted octanol–water partition coefficient (Wildman–Crippen LogP) is 2.17. The van der Waals surface area contributed by atoms with E-state index >= 15 is 0 Å². The first-order valence-electron chi connectivity index (χ1n) is 5.80. The van der Waals surface area contributed by atoms with Gasteiger partial charge in [-0.25, -0.2) is 0 Å². The lowest BCUT2D eigenvalue weighted by Gasteiger charge is -2.39. The molecule has 1 fully saturated rings. The molecule has 0 spiro atoms. The monoisotopic (exact) mass is 199 g/mol. The lowest BCUT2D eigenvalue weighted by atomic mass is 9.70. The highest BCUT2D eigenvalue weighted by Crippen LogP contribution is 2.38. The summed E-state index contributed by atoms with van der Waals surface area (Å²) >= 11 is 0. The largest absolute Gasteiger partial charge is 0.392 e. The Bertz CT molecular complexity index is 177. The molecule has 0 amide bonds. The topological polar surface area (TPSA) is 32.3 Å². The summed E-state index contributed by atoms with van der Waals surface area (Å²) in [6.07, 6.45) is 3.61. The van der Waals surface area contributed by atoms with Crippen molar-refractivity contribution in [2.75, 3.05) is 6.54 Å². The van der Waals surface area contributed by atoms with Crippen LogP contribution in [0.4, 0.5) is 0 Å². The number of nitrogens with one attached hydrogen (secondary N) is 1. The molecule has 1 aliphatic carbocycles. The van der Waals surface area contributed by atoms with Crippen LogP contribution in [0.25, 0.3) is 0 Å². The second-order valence-corrected chi connectivity index (χ2v) is 5.87. The van der Waals surface area contributed by atoms with E-state index < -0.39 is 0 Å². The van der Waals surface area contributed by atoms with Gasteiger partial charge in [0.15, 0.2) is 0 Å². The summed E-state index contributed by atoms with van der Waals surface area (Å²) < 4.78 is 0. The van der Waals surface area contributed by atoms with E-state index in [1.54, 1.807) is 0 Å². The van der Waals surface area contributed by atoms with Crippen molar-refractivity contribution in [2.45, 2.75) is 59.1 Å². The fourth-order valence-electron chi connectivity index (χ4n) is 2.84. The van der Waals surface area contributed by atoms with Crippen LogP contribution in [0.15, 0.2) is 0 Å². The van der Waals surface area contributed by atoms with E-state index in [0.717, 1.165) is 12.5 Å². The maximum absolute atomic E-state index is 9.22. The van der Waals surface area contributed by atoms with Gasteiger partial charge in [0.05, 0.1) is 6.10 Å². The maximum Gasteiger partial charge on any atom is 0.0636 e. The molecule has 0 bridgehead atoms. The minimum absolute atomic E-state index is 0.227. The number of hydrogen-bond acceptors (Lipinski definition) is 2. The molecule has 0 aliphatic heterocycles. The van der Waals surface area contributed by atoms with Gasteiger partial charge in [-0.1, -0.05) is 20.8 Å². The number of aliphatic hydroxyl groups is 1. The Morgan fingerprint density at radius 2 is 2.07 bits per heavy atom. The van der Waals surface area contributed by atoms with Crippen molar-refractivity contribution in [3.8, 4) is 0 Å². The van der Waals surface area contributed by atoms with Crippen molar-refractivity contribution >= 4 is 0 Å². The van der Waals surface area contributed by atoms with E-state index in [-0.39, 0.29) is 6.10 Å². The Labute approximate surface area is 88.1 Å². The van der Waals surface area contributed by atoms with Gasteiger partial charge in [0, 0.05) is 12.6 Å². The van der Waals surface area contributed by atoms with Gasteiger partial charge in [-0.2, -0.15) is 0 Å². The van der Waals surface area contributed by atoms with Crippen LogP contribution in [-0.4, -0.2) is 23.8 Å². The summed E-state index contributed by atoms with van der Waals surface area (Å²) in [4.78, 5) is 0. The number of aliphatic hydroxyl groups excluding tert-OH is 1. The van der Waals surface area contributed by atoms with Crippen LogP contribution in [0.3, 0.4) is 0 Å². The molecule has 2 heteroatoms. The predicted molar refractivity (Wildman–Crippen MR) is 60.3 cm³/mol. The highest BCUT2D eigenvalue weighted by atomic mass is 16.3. The van der Waals surface area contributed by atoms with Crippen molar-refractivity contribution in [1.82, 2.24) is 5.32 Å². The van der Waals surface area contributed by atoms with Crippen molar-refractivity contribution in [1.29, 1.82) is 0 Å². The minimum atomic E-state index is -0.227. The standard InChI is InChI=1S/C12H25NO/c1-9-5-11(13-8-10(2)14)7-12(3,4)6-9/h9-11,13-14H,5-8H2,1-4H3. The van der Waals surface area contributed by atoms with E-state index in [9.17, 15) is 5.11 Å². The van der Waals surface area contributed by atoms with E-state index in [0.29, 0.717) is 11.5 Å². The molecule has 1 saturated carbocycles. The van der Waals surface area contributed by atoms with Gasteiger partial charge in [-0.3, -0.25) is 0 Å². The lowest BCUT2D eigenvalue weighted by molar-refractivity contribution is 0.132. The molecule has 2 N–H and O–H groups in total. The van der Waals surface area contributed by atoms with Gasteiger partial charge in [0.25, 0.3) is 0 Å². The van der Waals surface area contributed by atoms with Crippen LogP contribution in [0.2, 0.25) is 0 Å². The van der Waals surface area contributed by atoms with Crippen LogP contribution in [0.5, 0.6) is 0 Å². The molecule has 2 nitrogen and oxygen atoms in total. The van der Waals surface area contributed by atoms with Gasteiger partial charge < -0.3 is 10.4 Å². The van der Waals surface area contributed by atoms with Gasteiger partial charge in [0.1, 0.15) is 0 Å². The van der Waals surface area contributed by atoms with Crippen LogP contribution in [0, 0.1) is 11.3 Å². The van der Waals surface area contributed by atoms with Gasteiger partial charge in [0.2, 0.25) is 0 Å². The van der Waals surface area contributed by atoms with Crippen molar-refractivity contribution in [3.63, 3.8) is 0 Å². The third kappa shape index (κ3) is 3.97. The number of rotatable bonds is 3. The summed E-state index contributed by atoms with van der Waals surface area (Å²) in [5, 5.41) is 12.7. The van der Waals surface area contributed by atoms with Crippen molar-refractivity contribution < 1.29 is 5.11 Å². The van der Waals surface area contributed by atoms with E-state index in [1.165, 1.54) is 19.3 Å². The summed E-state index contributed by atoms with van der Waals surface area (Å²) in [5.41, 5.74) is 0.466. The summed E-state index contributed by atoms with van der Waals surface area (Å²) in [7, 11) is 0. The zero-order valence-corrected chi connectivity index (χ0v) is 10.0. The smallest absolute Gasteiger partial charge is 0.0636 e. The van der Waals surface area contributed by atoms with Gasteiger partial charge in [-0.15, -0.1) is 0 Å². The SMILES string of the molecule is CC(O)CNC1CC(C)CC(C)(C)C1. The molecule has 1 rings (SSSR count). The third-order valence-corrected chi connectivity index (χ3v) is 3.09. The molecule has 14 heavy (non-hydrogen) atoms. The molecule has 0 aromatic rings. The summed E-state index contributed by atoms with van der Waals surface area (Å²) in [5.74, 6) is 0.810. The zero-order chi connectivity index (χ0) is 10.8. The Balaban J connectivity index is 2.38. The van der Waals surface area contributed by atoms with Crippen LogP contribution < -0.4 is 5.32 Å². The molecule has 0 radical (unpaired) electrons. The normalized spacial score (nSPS) is 34.1. The molecule has 3 atom stereocenters. The molecule has 3 unspecified atom stereocenters. The highest BCUT2D eigenvalue weighted by Gasteiger charge is 2.31. The Kier molecular flexibility index (Phi) is 3.96. The molecular formula is C12H25NO. The van der Waals surface area contributed by atoms with Crippen LogP contribution in [-0.2, 0) is 0 Å². The van der Waals surface area contributed by atoms with Crippen molar-refractivity contribution in [3.05, 3.63) is 0 Å². The molecule has 0 aromatic heterocycles. The fraction of sp³-hybridized carbons (Fsp3) is 1.00. The maximum atomic E-state index is 9.22. The van der Waals surface area contributed by atoms with Gasteiger partial charge >= 0.3 is 0 Å². The van der Waals surface area contributed by atoms with E-state index in [1.807, 2.05) is 6.92 Å². The number of hydrogen-bond donors (Lipinski definition) is 2. The Hall–Kier alpha value is -0.0800. The highest BCUT2D eigenvalue weighted by molar-refractivity contribution is 4.86. The Morgan fingerprint density at radius 1 is 1.43 bits per heavy atom. The van der Waals surface area contributed by atoms with Crippen LogP contribution in [0.1, 0.15) is 47.0 Å². The summed E-state index contributed by atoms with van der Waals surface area (Å²) in [6, 6.07) is 0.600. The first kappa shape index (κ1) is 12.0. The molecule has 0 aromatic carbocycles. The van der Waals surface area contributed by atoms with Crippen molar-refractivity contribution in [2.24, 2.45) is 11.3 Å². The first-order chi connectivity index (χ1) is 6.39. The second kappa shape index (κ2) is 4.63. The van der Waals surface area contributed by atoms with E-state index in [4.69, 9.17) is 0 Å². The third-order valence-electron chi connectivity index (χ3n) is 3.09. The molecular weight excluding hydrogens is 174 g/mol. The molecule has 0 saturated heterocycles. The average molecular weight is 199 g/mol. The second-order valence-electron chi connectivity index (χ2n) is 5.87. The lowest BCUT2D eigenvalue weighted by Crippen LogP contribution is -2.42.